The molecule has 0 amide bonds. The molecule has 1 fully saturated rings. The summed E-state index contributed by atoms with van der Waals surface area (Å²) in [5.41, 5.74) is 0. The molecule has 0 aromatic carbocycles. The van der Waals surface area contributed by atoms with Crippen molar-refractivity contribution in [3.63, 3.8) is 0 Å². The van der Waals surface area contributed by atoms with Gasteiger partial charge in [0.2, 0.25) is 0 Å². The average Bonchev–Trinajstić information content (AvgIpc) is 2.33. The van der Waals surface area contributed by atoms with Crippen LogP contribution in [0.5, 0.6) is 0 Å². The summed E-state index contributed by atoms with van der Waals surface area (Å²) in [7, 11) is 0. The molecule has 1 saturated carbocycles. The third kappa shape index (κ3) is 2.31. The molecule has 0 saturated heterocycles. The van der Waals surface area contributed by atoms with Gasteiger partial charge < -0.3 is 5.11 Å². The Morgan fingerprint density at radius 3 is 2.67 bits per heavy atom. The number of aliphatic hydroxyl groups is 1. The zero-order chi connectivity index (χ0) is 9.14. The van der Waals surface area contributed by atoms with E-state index in [1.165, 1.54) is 0 Å². The number of aliphatic hydroxyl groups excluding tert-OH is 1. The summed E-state index contributed by atoms with van der Waals surface area (Å²) >= 11 is 0. The highest BCUT2D eigenvalue weighted by molar-refractivity contribution is 5.83. The highest BCUT2D eigenvalue weighted by atomic mass is 16.3. The van der Waals surface area contributed by atoms with E-state index in [9.17, 15) is 9.90 Å². The van der Waals surface area contributed by atoms with Crippen LogP contribution in [0.3, 0.4) is 0 Å². The minimum absolute atomic E-state index is 0.0487. The first-order valence-corrected chi connectivity index (χ1v) is 4.82. The van der Waals surface area contributed by atoms with Crippen molar-refractivity contribution in [2.75, 3.05) is 0 Å². The van der Waals surface area contributed by atoms with E-state index >= 15 is 0 Å². The van der Waals surface area contributed by atoms with Gasteiger partial charge in [-0.25, -0.2) is 0 Å². The lowest BCUT2D eigenvalue weighted by molar-refractivity contribution is -0.123. The molecular formula is C10H18O2. The molecule has 1 aliphatic carbocycles. The largest absolute Gasteiger partial charge is 0.392 e. The summed E-state index contributed by atoms with van der Waals surface area (Å²) in [4.78, 5) is 11.2. The molecule has 0 aromatic heterocycles. The number of ketones is 1. The van der Waals surface area contributed by atoms with Crippen molar-refractivity contribution in [1.29, 1.82) is 0 Å². The first-order valence-electron chi connectivity index (χ1n) is 4.82. The normalized spacial score (nSPS) is 26.7. The highest BCUT2D eigenvalue weighted by Crippen LogP contribution is 2.27. The van der Waals surface area contributed by atoms with E-state index in [-0.39, 0.29) is 17.8 Å². The third-order valence-corrected chi connectivity index (χ3v) is 2.53. The molecule has 0 unspecified atom stereocenters. The van der Waals surface area contributed by atoms with Crippen molar-refractivity contribution in [3.8, 4) is 0 Å². The van der Waals surface area contributed by atoms with E-state index in [1.807, 2.05) is 0 Å². The van der Waals surface area contributed by atoms with Crippen LogP contribution in [0.4, 0.5) is 0 Å². The summed E-state index contributed by atoms with van der Waals surface area (Å²) < 4.78 is 0. The van der Waals surface area contributed by atoms with Crippen molar-refractivity contribution < 1.29 is 9.90 Å². The van der Waals surface area contributed by atoms with Gasteiger partial charge in [-0.05, 0) is 25.2 Å². The molecule has 1 aliphatic rings. The molecular weight excluding hydrogens is 152 g/mol. The summed E-state index contributed by atoms with van der Waals surface area (Å²) in [5, 5.41) is 9.67. The molecule has 1 rings (SSSR count). The molecule has 1 N–H and O–H groups in total. The molecule has 0 aliphatic heterocycles. The van der Waals surface area contributed by atoms with Crippen LogP contribution in [0.15, 0.2) is 0 Å². The van der Waals surface area contributed by atoms with Gasteiger partial charge in [-0.3, -0.25) is 4.79 Å². The minimum atomic E-state index is -0.389. The Bertz CT molecular complexity index is 163. The van der Waals surface area contributed by atoms with Gasteiger partial charge in [0.25, 0.3) is 0 Å². The lowest BCUT2D eigenvalue weighted by atomic mass is 9.93. The van der Waals surface area contributed by atoms with Crippen molar-refractivity contribution >= 4 is 5.78 Å². The van der Waals surface area contributed by atoms with Crippen LogP contribution in [-0.4, -0.2) is 17.0 Å². The molecule has 2 atom stereocenters. The number of hydrogen-bond donors (Lipinski definition) is 1. The molecule has 0 heterocycles. The Morgan fingerprint density at radius 2 is 2.25 bits per heavy atom. The quantitative estimate of drug-likeness (QED) is 0.700. The highest BCUT2D eigenvalue weighted by Gasteiger charge is 2.30. The Hall–Kier alpha value is -0.370. The first kappa shape index (κ1) is 9.72. The minimum Gasteiger partial charge on any atom is -0.392 e. The van der Waals surface area contributed by atoms with Crippen LogP contribution in [0.25, 0.3) is 0 Å². The predicted molar refractivity (Wildman–Crippen MR) is 47.8 cm³/mol. The molecule has 12 heavy (non-hydrogen) atoms. The average molecular weight is 170 g/mol. The topological polar surface area (TPSA) is 37.3 Å². The van der Waals surface area contributed by atoms with Gasteiger partial charge in [0.05, 0.1) is 6.10 Å². The summed E-state index contributed by atoms with van der Waals surface area (Å²) in [6, 6.07) is 0. The van der Waals surface area contributed by atoms with Gasteiger partial charge in [-0.15, -0.1) is 0 Å². The van der Waals surface area contributed by atoms with E-state index in [2.05, 4.69) is 13.8 Å². The Labute approximate surface area is 74.0 Å². The third-order valence-electron chi connectivity index (χ3n) is 2.53. The second-order valence-corrected chi connectivity index (χ2v) is 4.16. The molecule has 0 spiro atoms. The monoisotopic (exact) mass is 170 g/mol. The second kappa shape index (κ2) is 4.04. The SMILES string of the molecule is CC(C)C[C@@H](O)[C@H]1CCCC1=O. The van der Waals surface area contributed by atoms with Crippen molar-refractivity contribution in [2.24, 2.45) is 11.8 Å². The first-order chi connectivity index (χ1) is 5.61. The zero-order valence-electron chi connectivity index (χ0n) is 7.92. The van der Waals surface area contributed by atoms with Crippen molar-refractivity contribution in [1.82, 2.24) is 0 Å². The Morgan fingerprint density at radius 1 is 1.58 bits per heavy atom. The second-order valence-electron chi connectivity index (χ2n) is 4.16. The molecule has 2 nitrogen and oxygen atoms in total. The van der Waals surface area contributed by atoms with Gasteiger partial charge in [-0.1, -0.05) is 13.8 Å². The van der Waals surface area contributed by atoms with Gasteiger partial charge in [0, 0.05) is 12.3 Å². The van der Waals surface area contributed by atoms with Gasteiger partial charge in [0.15, 0.2) is 0 Å². The van der Waals surface area contributed by atoms with E-state index < -0.39 is 0 Å². The molecule has 0 radical (unpaired) electrons. The Balaban J connectivity index is 2.40. The summed E-state index contributed by atoms with van der Waals surface area (Å²) in [6.45, 7) is 4.14. The number of carbonyl (C=O) groups excluding carboxylic acids is 1. The van der Waals surface area contributed by atoms with Crippen LogP contribution in [-0.2, 0) is 4.79 Å². The van der Waals surface area contributed by atoms with Crippen LogP contribution < -0.4 is 0 Å². The standard InChI is InChI=1S/C10H18O2/c1-7(2)6-10(12)8-4-3-5-9(8)11/h7-8,10,12H,3-6H2,1-2H3/t8-,10+/m0/s1. The Kier molecular flexibility index (Phi) is 3.27. The maximum Gasteiger partial charge on any atom is 0.138 e. The van der Waals surface area contributed by atoms with Crippen LogP contribution in [0.2, 0.25) is 0 Å². The van der Waals surface area contributed by atoms with Gasteiger partial charge in [0.1, 0.15) is 5.78 Å². The van der Waals surface area contributed by atoms with E-state index in [4.69, 9.17) is 0 Å². The van der Waals surface area contributed by atoms with E-state index in [0.717, 1.165) is 19.3 Å². The molecule has 70 valence electrons. The molecule has 2 heteroatoms. The summed E-state index contributed by atoms with van der Waals surface area (Å²) in [5.74, 6) is 0.698. The maximum absolute atomic E-state index is 11.2. The fraction of sp³-hybridized carbons (Fsp3) is 0.900. The maximum atomic E-state index is 11.2. The fourth-order valence-electron chi connectivity index (χ4n) is 1.90. The fourth-order valence-corrected chi connectivity index (χ4v) is 1.90. The van der Waals surface area contributed by atoms with E-state index in [0.29, 0.717) is 12.3 Å². The number of Topliss-reactive ketones (excluding diaryl/α,β-unsaturated/α-hetero) is 1. The smallest absolute Gasteiger partial charge is 0.138 e. The van der Waals surface area contributed by atoms with Crippen molar-refractivity contribution in [3.05, 3.63) is 0 Å². The van der Waals surface area contributed by atoms with Gasteiger partial charge in [-0.2, -0.15) is 0 Å². The predicted octanol–water partition coefficient (Wildman–Crippen LogP) is 1.76. The van der Waals surface area contributed by atoms with Crippen LogP contribution in [0, 0.1) is 11.8 Å². The number of carbonyl (C=O) groups is 1. The van der Waals surface area contributed by atoms with E-state index in [1.54, 1.807) is 0 Å². The lowest BCUT2D eigenvalue weighted by Crippen LogP contribution is -2.25. The zero-order valence-corrected chi connectivity index (χ0v) is 7.92. The number of rotatable bonds is 3. The van der Waals surface area contributed by atoms with Gasteiger partial charge >= 0.3 is 0 Å². The molecule has 0 bridgehead atoms. The number of hydrogen-bond acceptors (Lipinski definition) is 2. The molecule has 0 aromatic rings. The van der Waals surface area contributed by atoms with Crippen LogP contribution >= 0.6 is 0 Å². The summed E-state index contributed by atoms with van der Waals surface area (Å²) in [6.07, 6.45) is 2.92. The van der Waals surface area contributed by atoms with Crippen molar-refractivity contribution in [2.45, 2.75) is 45.6 Å². The lowest BCUT2D eigenvalue weighted by Gasteiger charge is -2.17. The van der Waals surface area contributed by atoms with Crippen LogP contribution in [0.1, 0.15) is 39.5 Å².